The Kier molecular flexibility index (Phi) is 25.3. The summed E-state index contributed by atoms with van der Waals surface area (Å²) in [7, 11) is -6.99. The lowest BCUT2D eigenvalue weighted by Gasteiger charge is -2.35. The number of hydrogen-bond donors (Lipinski definition) is 9. The van der Waals surface area contributed by atoms with Crippen molar-refractivity contribution in [2.45, 2.75) is 273 Å². The lowest BCUT2D eigenvalue weighted by atomic mass is 9.85. The number of aromatic nitrogens is 4. The monoisotopic (exact) mass is 1750 g/mol. The van der Waals surface area contributed by atoms with Gasteiger partial charge in [0.2, 0.25) is 43.7 Å². The molecule has 2 saturated heterocycles. The number of ether oxygens (including phenoxy) is 6. The number of alkyl carbamates (subject to hydrolysis) is 2. The third kappa shape index (κ3) is 20.2. The summed E-state index contributed by atoms with van der Waals surface area (Å²) in [5.74, 6) is -2.15. The maximum absolute atomic E-state index is 14.7. The van der Waals surface area contributed by atoms with E-state index in [1.54, 1.807) is 0 Å². The zero-order valence-electron chi connectivity index (χ0n) is 69.9. The SMILES string of the molecule is C=CC1C[C@]1(NC(=O)[C@@H]1C[C@@H](Oc2cc(-c3csc(NC(C)C)n3)nc3c4c(ccc23)OCC4)CN1C(=O)[C@@H](NC(=O)OC1CCCC1)C(C)(C)C)C(=O)O.CC(C)Nc1nc(-c2cc(O[C@@H]3C[C@@H](C(=O)NC4(C(=O)NS(=O)(=O)C5CC5)CC4)N(C(=O)[C@@H](NC(=O)OC4CCCC4)C(C)(C)C)C3)c3ccc4c(c3n2)CCO4)cs1.NS(=O)(=O)C1CC1. The van der Waals surface area contributed by atoms with Gasteiger partial charge in [0, 0.05) is 88.5 Å². The maximum Gasteiger partial charge on any atom is 0.408 e. The number of nitrogens with zero attached hydrogens (tertiary/aromatic N) is 6. The number of sulfonamides is 2. The smallest absolute Gasteiger partial charge is 0.408 e. The Morgan fingerprint density at radius 1 is 0.603 bits per heavy atom. The van der Waals surface area contributed by atoms with E-state index in [0.717, 1.165) is 113 Å². The summed E-state index contributed by atoms with van der Waals surface area (Å²) in [5.41, 5.74) is 1.35. The van der Waals surface area contributed by atoms with Crippen molar-refractivity contribution in [3.8, 4) is 45.8 Å². The third-order valence-corrected chi connectivity index (χ3v) is 28.3. The highest BCUT2D eigenvalue weighted by Gasteiger charge is 2.62. The average molecular weight is 1750 g/mol. The normalized spacial score (nSPS) is 22.8. The predicted molar refractivity (Wildman–Crippen MR) is 454 cm³/mol. The van der Waals surface area contributed by atoms with Crippen molar-refractivity contribution in [1.29, 1.82) is 0 Å². The summed E-state index contributed by atoms with van der Waals surface area (Å²) < 4.78 is 84.6. The van der Waals surface area contributed by atoms with E-state index < -0.39 is 137 Å². The van der Waals surface area contributed by atoms with E-state index in [9.17, 15) is 60.3 Å². The molecule has 2 aromatic carbocycles. The van der Waals surface area contributed by atoms with Crippen LogP contribution in [-0.4, -0.2) is 208 Å². The molecule has 8 heterocycles. The number of pyridine rings is 2. The molecule has 33 nitrogen and oxygen atoms in total. The van der Waals surface area contributed by atoms with Crippen molar-refractivity contribution in [3.05, 3.63) is 70.9 Å². The summed E-state index contributed by atoms with van der Waals surface area (Å²) in [5, 5.41) is 38.7. The second kappa shape index (κ2) is 34.9. The van der Waals surface area contributed by atoms with E-state index in [1.807, 2.05) is 116 Å². The maximum atomic E-state index is 14.7. The van der Waals surface area contributed by atoms with Gasteiger partial charge in [0.1, 0.15) is 94.0 Å². The highest BCUT2D eigenvalue weighted by atomic mass is 32.2. The summed E-state index contributed by atoms with van der Waals surface area (Å²) >= 11 is 2.94. The van der Waals surface area contributed by atoms with Crippen LogP contribution in [0.4, 0.5) is 19.9 Å². The van der Waals surface area contributed by atoms with Crippen molar-refractivity contribution < 1.29 is 88.7 Å². The second-order valence-electron chi connectivity index (χ2n) is 36.1. The number of carboxylic acid groups (broad SMARTS) is 1. The molecule has 16 rings (SSSR count). The molecule has 10 N–H and O–H groups in total. The van der Waals surface area contributed by atoms with Gasteiger partial charge in [-0.05, 0) is 159 Å². The first-order valence-corrected chi connectivity index (χ1v) is 46.8. The molecule has 0 radical (unpaired) electrons. The molecule has 6 saturated carbocycles. The van der Waals surface area contributed by atoms with Gasteiger partial charge in [-0.15, -0.1) is 29.3 Å². The number of thiazole rings is 2. The topological polar surface area (TPSA) is 449 Å². The number of benzene rings is 2. The molecule has 10 aliphatic rings. The number of primary sulfonamides is 1. The van der Waals surface area contributed by atoms with Gasteiger partial charge < -0.3 is 75.2 Å². The molecule has 654 valence electrons. The number of nitrogens with one attached hydrogen (secondary N) is 7. The minimum Gasteiger partial charge on any atom is -0.493 e. The Morgan fingerprint density at radius 2 is 1.03 bits per heavy atom. The fourth-order valence-electron chi connectivity index (χ4n) is 16.4. The standard InChI is InChI=1S/C41H53N7O9S2.C40H50N6O8S.C3H7NO2S/c1-22(2)42-38-44-29(21-58-38)28-19-32(26-12-13-31-27(14-17-55-31)33(26)43-28)56-24-18-30(35(49)46-41(15-16-41)37(51)47-59(53,54)25-10-11-25)48(20-24)36(50)34(40(3,4)5)45-39(52)57-23-8-6-7-9-23;1-7-22-18-40(22,36(49)50)45-34(47)29-16-24(19-46(29)35(48)33(39(4,5)6)44-38(51)54-23-10-8-9-11-23)53-31-17-27(28-20-55-37(43-28)41-21(2)3)42-32-25(31)12-13-30-26(32)14-15-52-30;4-7(5,6)3-1-2-3/h12-13,19,21-25,30,34H,6-11,14-18,20H2,1-5H3,(H,42,44)(H,45,52)(H,46,49)(H,47,51);7,12-13,17,20-24,29,33H,1,8-11,14-16,18-19H2,2-6H3,(H,41,43)(H,44,51)(H,45,47)(H,49,50);3H,1-2H2,(H2,4,5,6)/t24-,30+,34-;22?,24-,29+,33-,40-;/m11./s1. The summed E-state index contributed by atoms with van der Waals surface area (Å²) in [6.07, 6.45) is 9.83. The molecule has 8 fully saturated rings. The van der Waals surface area contributed by atoms with Gasteiger partial charge in [0.05, 0.1) is 59.2 Å². The van der Waals surface area contributed by atoms with Crippen LogP contribution >= 0.6 is 22.7 Å². The first-order chi connectivity index (χ1) is 57.3. The summed E-state index contributed by atoms with van der Waals surface area (Å²) in [6.45, 7) is 23.9. The van der Waals surface area contributed by atoms with Crippen molar-refractivity contribution in [2.75, 3.05) is 36.9 Å². The lowest BCUT2D eigenvalue weighted by molar-refractivity contribution is -0.146. The molecule has 8 atom stereocenters. The lowest BCUT2D eigenvalue weighted by Crippen LogP contribution is -2.60. The highest BCUT2D eigenvalue weighted by Crippen LogP contribution is 2.47. The third-order valence-electron chi connectivity index (χ3n) is 23.5. The molecule has 0 bridgehead atoms. The van der Waals surface area contributed by atoms with Crippen LogP contribution in [0.1, 0.15) is 190 Å². The van der Waals surface area contributed by atoms with Gasteiger partial charge >= 0.3 is 18.2 Å². The number of carbonyl (C=O) groups excluding carboxylic acids is 7. The van der Waals surface area contributed by atoms with Crippen LogP contribution in [0, 0.1) is 16.7 Å². The predicted octanol–water partition coefficient (Wildman–Crippen LogP) is 9.93. The number of amides is 7. The number of fused-ring (bicyclic) bond motifs is 6. The molecule has 6 aromatic rings. The van der Waals surface area contributed by atoms with Crippen LogP contribution in [-0.2, 0) is 71.1 Å². The minimum absolute atomic E-state index is 0.000169. The molecule has 121 heavy (non-hydrogen) atoms. The summed E-state index contributed by atoms with van der Waals surface area (Å²) in [4.78, 5) is 132. The van der Waals surface area contributed by atoms with Gasteiger partial charge in [-0.1, -0.05) is 47.6 Å². The number of aliphatic carboxylic acids is 1. The Morgan fingerprint density at radius 3 is 1.40 bits per heavy atom. The Bertz CT molecular complexity index is 5240. The van der Waals surface area contributed by atoms with Crippen molar-refractivity contribution in [1.82, 2.24) is 55.7 Å². The highest BCUT2D eigenvalue weighted by molar-refractivity contribution is 7.91. The van der Waals surface area contributed by atoms with Gasteiger partial charge in [-0.2, -0.15) is 0 Å². The molecule has 7 amide bonds. The second-order valence-corrected chi connectivity index (χ2v) is 41.6. The van der Waals surface area contributed by atoms with Crippen LogP contribution in [0.25, 0.3) is 44.6 Å². The summed E-state index contributed by atoms with van der Waals surface area (Å²) in [6, 6.07) is 7.25. The molecule has 4 aliphatic heterocycles. The van der Waals surface area contributed by atoms with Gasteiger partial charge in [0.15, 0.2) is 10.3 Å². The van der Waals surface area contributed by atoms with E-state index in [4.69, 9.17) is 53.5 Å². The van der Waals surface area contributed by atoms with Gasteiger partial charge in [0.25, 0.3) is 5.91 Å². The average Bonchev–Trinajstić information content (AvgIpc) is 1.55. The minimum atomic E-state index is -3.86. The van der Waals surface area contributed by atoms with E-state index in [0.29, 0.717) is 78.7 Å². The van der Waals surface area contributed by atoms with Crippen LogP contribution in [0.3, 0.4) is 0 Å². The Hall–Kier alpha value is -9.72. The van der Waals surface area contributed by atoms with Gasteiger partial charge in [-0.25, -0.2) is 56.3 Å². The van der Waals surface area contributed by atoms with E-state index >= 15 is 0 Å². The first kappa shape index (κ1) is 87.6. The van der Waals surface area contributed by atoms with E-state index in [1.165, 1.54) is 38.5 Å². The Balaban J connectivity index is 0.000000183. The quantitative estimate of drug-likeness (QED) is 0.0228. The zero-order chi connectivity index (χ0) is 86.6. The number of carboxylic acids is 1. The number of nitrogens with two attached hydrogens (primary N) is 1. The Labute approximate surface area is 711 Å². The molecular weight excluding hydrogens is 1640 g/mol. The number of likely N-dealkylation sites (tertiary alicyclic amines) is 2. The van der Waals surface area contributed by atoms with Crippen LogP contribution < -0.4 is 60.7 Å². The van der Waals surface area contributed by atoms with Crippen LogP contribution in [0.15, 0.2) is 59.8 Å². The fourth-order valence-corrected chi connectivity index (χ4v) is 20.2. The van der Waals surface area contributed by atoms with Crippen LogP contribution in [0.5, 0.6) is 23.0 Å². The molecule has 1 unspecified atom stereocenters. The van der Waals surface area contributed by atoms with Crippen LogP contribution in [0.2, 0.25) is 0 Å². The molecular formula is C84H110N14O19S4. The van der Waals surface area contributed by atoms with E-state index in [2.05, 4.69) is 43.2 Å². The molecule has 0 spiro atoms. The largest absolute Gasteiger partial charge is 0.493 e. The molecule has 4 aromatic heterocycles. The number of hydrogen-bond acceptors (Lipinski definition) is 26. The number of rotatable bonds is 26. The van der Waals surface area contributed by atoms with E-state index in [-0.39, 0.29) is 74.7 Å². The number of carbonyl (C=O) groups is 8. The first-order valence-electron chi connectivity index (χ1n) is 41.9. The zero-order valence-corrected chi connectivity index (χ0v) is 73.1. The van der Waals surface area contributed by atoms with Gasteiger partial charge in [-0.3, -0.25) is 28.7 Å². The molecule has 37 heteroatoms. The fraction of sp³-hybridized carbons (Fsp3) is 0.595. The number of anilines is 2. The van der Waals surface area contributed by atoms with Crippen molar-refractivity contribution in [3.63, 3.8) is 0 Å². The van der Waals surface area contributed by atoms with Crippen molar-refractivity contribution in [2.24, 2.45) is 21.9 Å². The van der Waals surface area contributed by atoms with Crippen molar-refractivity contribution >= 4 is 122 Å². The molecule has 6 aliphatic carbocycles.